The molecule has 1 saturated heterocycles. The molecule has 36 rings (SSSR count). The van der Waals surface area contributed by atoms with Crippen LogP contribution >= 0.6 is 0 Å². The lowest BCUT2D eigenvalue weighted by molar-refractivity contribution is -0.117. The third-order valence-electron chi connectivity index (χ3n) is 31.8. The van der Waals surface area contributed by atoms with E-state index in [2.05, 4.69) is 33.1 Å². The molecule has 478 valence electrons. The first-order valence-corrected chi connectivity index (χ1v) is 38.5. The molecule has 104 heavy (non-hydrogen) atoms. The minimum atomic E-state index is -0.381. The number of unbranched alkanes of at least 4 members (excludes halogenated alkanes) is 1. The maximum Gasteiger partial charge on any atom is 0.336 e. The predicted octanol–water partition coefficient (Wildman–Crippen LogP) is 20.0. The van der Waals surface area contributed by atoms with Crippen LogP contribution in [0.15, 0.2) is 43.5 Å². The second kappa shape index (κ2) is 13.4. The van der Waals surface area contributed by atoms with Crippen molar-refractivity contribution in [3.63, 3.8) is 0 Å². The second-order valence-corrected chi connectivity index (χ2v) is 35.1. The van der Waals surface area contributed by atoms with Gasteiger partial charge in [0.25, 0.3) is 0 Å². The first kappa shape index (κ1) is 48.6. The summed E-state index contributed by atoms with van der Waals surface area (Å²) in [5.74, 6) is 0.572. The number of benzene rings is 18. The lowest BCUT2D eigenvalue weighted by Gasteiger charge is -2.48. The zero-order valence-electron chi connectivity index (χ0n) is 56.6. The van der Waals surface area contributed by atoms with Crippen molar-refractivity contribution in [3.05, 3.63) is 85.0 Å². The summed E-state index contributed by atoms with van der Waals surface area (Å²) in [6.45, 7) is 15.3. The van der Waals surface area contributed by atoms with E-state index in [4.69, 9.17) is 8.83 Å². The van der Waals surface area contributed by atoms with Gasteiger partial charge in [0.1, 0.15) is 16.9 Å². The molecule has 5 aliphatic rings. The summed E-state index contributed by atoms with van der Waals surface area (Å²) in [6, 6.07) is 3.49. The highest BCUT2D eigenvalue weighted by atomic mass is 16.4. The number of carbonyl (C=O) groups excluding carboxylic acids is 2. The van der Waals surface area contributed by atoms with Gasteiger partial charge >= 0.3 is 5.63 Å². The number of hydrogen-bond donors (Lipinski definition) is 4. The van der Waals surface area contributed by atoms with E-state index in [1.54, 1.807) is 319 Å². The first-order valence-electron chi connectivity index (χ1n) is 38.5. The molecule has 1 aliphatic heterocycles. The fourth-order valence-corrected chi connectivity index (χ4v) is 30.0. The Bertz CT molecular complexity index is 9000. The van der Waals surface area contributed by atoms with Crippen molar-refractivity contribution < 1.29 is 18.4 Å². The van der Waals surface area contributed by atoms with Crippen LogP contribution in [0.4, 0.5) is 0 Å². The standard InChI is InChI=1S/C94H47N5O5/c1-23(17-31(101)98-16-8-14-96-12-6-5-11-95-13-7-15-97-30(100)10-9-27-26(4)103-92-25(3)91-28(19-29(27)92)24(2)18-32(102)104-91)20-99-21-93-87-80-73-61-53-44-35-33-34-36-39(35)48-55(53)63-64-56(48)54-45(36)47-43-38(34)41-40-37(33)42-46(44)59(61)67-65-51(42)49(40)57-58-50(41)52(43)66-68-60(47)62(54)74-76(64)85(84(87)75(63)73)88-81(74)79(68)83-72(66)70(58)77-69(57)71(65)82(78(67)80)89(93)86(77)90(83)94(88,93)22-99/h9-10,17-19,95-96H,5-8,11-16,20-22H2,1-4H3,(H,97,100)(H,98,101)/b10-9+,23-17+. The van der Waals surface area contributed by atoms with Crippen LogP contribution in [-0.4, -0.2) is 75.6 Å². The summed E-state index contributed by atoms with van der Waals surface area (Å²) in [5.41, 5.74) is 10.7. The van der Waals surface area contributed by atoms with Gasteiger partial charge in [0, 0.05) is 72.8 Å². The van der Waals surface area contributed by atoms with E-state index in [1.807, 2.05) is 39.0 Å². The minimum absolute atomic E-state index is 0.0196. The number of amides is 2. The van der Waals surface area contributed by atoms with E-state index in [0.717, 1.165) is 105 Å². The molecule has 4 aliphatic carbocycles. The number of nitrogens with zero attached hydrogens (tertiary/aromatic N) is 1. The molecular weight excluding hydrogens is 1280 g/mol. The number of fused-ring (bicyclic) bond motifs is 2. The monoisotopic (exact) mass is 1330 g/mol. The van der Waals surface area contributed by atoms with E-state index in [0.29, 0.717) is 30.0 Å². The highest BCUT2D eigenvalue weighted by Gasteiger charge is 2.73. The molecule has 0 saturated carbocycles. The molecule has 10 nitrogen and oxygen atoms in total. The van der Waals surface area contributed by atoms with Crippen LogP contribution in [0.1, 0.15) is 77.3 Å². The SMILES string of the molecule is C/C(=C\C(=O)NCCCNCCCCNCCCNC(=O)/C=C/c1c(C)oc2c(C)c3oc(=O)cc(C)c3cc12)CN1CC23c4c5c6c7c8c9c(c%10c%11c2c2c%12c4c4c%13c5c5c7c7c8c8c%14c9c%10c9c%10c%11c2c2c%11c%12c4c4c%12c%13c5c5c7c7c8c8c%14c9c9c%10c2c2c%11c4c4c%12c5c7c5c8c9c2c45)C63C1. The molecule has 29 aromatic carbocycles. The van der Waals surface area contributed by atoms with E-state index in [1.165, 1.54) is 6.07 Å². The van der Waals surface area contributed by atoms with Crippen molar-refractivity contribution in [1.82, 2.24) is 26.2 Å². The van der Waals surface area contributed by atoms with Gasteiger partial charge < -0.3 is 30.1 Å². The Morgan fingerprint density at radius 3 is 1.08 bits per heavy atom. The largest absolute Gasteiger partial charge is 0.460 e. The van der Waals surface area contributed by atoms with Gasteiger partial charge in [-0.1, -0.05) is 5.57 Å². The highest BCUT2D eigenvalue weighted by molar-refractivity contribution is 6.82. The van der Waals surface area contributed by atoms with Crippen molar-refractivity contribution in [2.24, 2.45) is 0 Å². The molecule has 2 spiro atoms. The molecule has 0 bridgehead atoms. The summed E-state index contributed by atoms with van der Waals surface area (Å²) >= 11 is 0. The van der Waals surface area contributed by atoms with Gasteiger partial charge in [0.2, 0.25) is 11.8 Å². The third kappa shape index (κ3) is 3.68. The Balaban J connectivity index is 0.452. The minimum Gasteiger partial charge on any atom is -0.460 e. The molecule has 2 unspecified atom stereocenters. The highest BCUT2D eigenvalue weighted by Crippen LogP contribution is 2.85. The smallest absolute Gasteiger partial charge is 0.336 e. The van der Waals surface area contributed by atoms with Gasteiger partial charge in [0.05, 0.1) is 10.8 Å². The lowest BCUT2D eigenvalue weighted by atomic mass is 9.52. The molecular formula is C94H47N5O5. The fourth-order valence-electron chi connectivity index (χ4n) is 30.0. The maximum absolute atomic E-state index is 14.3. The average Bonchev–Trinajstić information content (AvgIpc) is 1.38. The number of furan rings is 1. The Kier molecular flexibility index (Phi) is 6.24. The number of aryl methyl sites for hydroxylation is 3. The zero-order valence-corrected chi connectivity index (χ0v) is 56.6. The van der Waals surface area contributed by atoms with Gasteiger partial charge in [-0.3, -0.25) is 14.5 Å². The van der Waals surface area contributed by atoms with E-state index in [-0.39, 0.29) is 28.3 Å². The van der Waals surface area contributed by atoms with Gasteiger partial charge in [-0.05, 0) is 410 Å². The summed E-state index contributed by atoms with van der Waals surface area (Å²) in [6.07, 6.45) is 9.15. The van der Waals surface area contributed by atoms with Gasteiger partial charge in [0.15, 0.2) is 0 Å². The molecule has 3 heterocycles. The van der Waals surface area contributed by atoms with Crippen LogP contribution in [0.5, 0.6) is 0 Å². The van der Waals surface area contributed by atoms with Crippen LogP contribution in [0.25, 0.3) is 319 Å². The van der Waals surface area contributed by atoms with Crippen LogP contribution in [0.2, 0.25) is 0 Å². The number of likely N-dealkylation sites (tertiary alicyclic amines) is 1. The lowest BCUT2D eigenvalue weighted by Crippen LogP contribution is -2.49. The molecule has 2 atom stereocenters. The molecule has 2 amide bonds. The second-order valence-electron chi connectivity index (χ2n) is 35.1. The Hall–Kier alpha value is -11.3. The van der Waals surface area contributed by atoms with Crippen molar-refractivity contribution in [2.75, 3.05) is 58.9 Å². The van der Waals surface area contributed by atoms with Crippen molar-refractivity contribution in [3.8, 4) is 0 Å². The molecule has 10 heteroatoms. The van der Waals surface area contributed by atoms with Gasteiger partial charge in [-0.25, -0.2) is 4.79 Å². The van der Waals surface area contributed by atoms with E-state index >= 15 is 0 Å². The van der Waals surface area contributed by atoms with Crippen LogP contribution in [0.3, 0.4) is 0 Å². The Morgan fingerprint density at radius 2 is 0.692 bits per heavy atom. The van der Waals surface area contributed by atoms with Crippen LogP contribution < -0.4 is 26.9 Å². The quantitative estimate of drug-likeness (QED) is 0.0289. The van der Waals surface area contributed by atoms with E-state index in [9.17, 15) is 14.4 Å². The average molecular weight is 1330 g/mol. The summed E-state index contributed by atoms with van der Waals surface area (Å²) in [4.78, 5) is 42.1. The fraction of sp³-hybridized carbons (Fsp3) is 0.202. The number of carbonyl (C=O) groups is 2. The molecule has 4 N–H and O–H groups in total. The normalized spacial score (nSPS) is 19.6. The number of rotatable bonds is 18. The number of nitrogens with one attached hydrogen (secondary N) is 4. The van der Waals surface area contributed by atoms with Crippen molar-refractivity contribution in [1.29, 1.82) is 0 Å². The summed E-state index contributed by atoms with van der Waals surface area (Å²) < 4.78 is 11.6. The zero-order chi connectivity index (χ0) is 66.0. The van der Waals surface area contributed by atoms with Crippen molar-refractivity contribution >= 4 is 331 Å². The summed E-state index contributed by atoms with van der Waals surface area (Å²) in [7, 11) is 0. The topological polar surface area (TPSA) is 129 Å². The van der Waals surface area contributed by atoms with E-state index < -0.39 is 0 Å². The molecule has 1 fully saturated rings. The summed E-state index contributed by atoms with van der Waals surface area (Å²) in [5, 5.41) is 104. The Labute approximate surface area is 579 Å². The Morgan fingerprint density at radius 1 is 0.385 bits per heavy atom. The molecule has 2 aromatic heterocycles. The third-order valence-corrected chi connectivity index (χ3v) is 31.8. The molecule has 0 radical (unpaired) electrons. The van der Waals surface area contributed by atoms with Gasteiger partial charge in [-0.15, -0.1) is 0 Å². The predicted molar refractivity (Wildman–Crippen MR) is 430 cm³/mol. The van der Waals surface area contributed by atoms with Gasteiger partial charge in [-0.2, -0.15) is 0 Å². The van der Waals surface area contributed by atoms with Crippen LogP contribution in [0, 0.1) is 20.8 Å². The van der Waals surface area contributed by atoms with Crippen LogP contribution in [-0.2, 0) is 20.4 Å². The maximum atomic E-state index is 14.3. The molecule has 31 aromatic rings. The van der Waals surface area contributed by atoms with Crippen molar-refractivity contribution in [2.45, 2.75) is 64.2 Å². The first-order chi connectivity index (χ1) is 51.2. The number of hydrogen-bond acceptors (Lipinski definition) is 8.